The fourth-order valence-corrected chi connectivity index (χ4v) is 4.16. The fraction of sp³-hybridized carbons (Fsp3) is 0.938. The molecule has 0 heterocycles. The van der Waals surface area contributed by atoms with Crippen LogP contribution in [-0.2, 0) is 4.79 Å². The molecule has 118 valence electrons. The van der Waals surface area contributed by atoms with Crippen molar-refractivity contribution in [2.24, 2.45) is 23.0 Å². The van der Waals surface area contributed by atoms with Crippen LogP contribution in [0.25, 0.3) is 0 Å². The summed E-state index contributed by atoms with van der Waals surface area (Å²) in [5, 5.41) is 3.22. The second-order valence-electron chi connectivity index (χ2n) is 7.22. The van der Waals surface area contributed by atoms with Crippen molar-refractivity contribution in [3.8, 4) is 0 Å². The van der Waals surface area contributed by atoms with Gasteiger partial charge in [-0.2, -0.15) is 0 Å². The zero-order chi connectivity index (χ0) is 13.9. The van der Waals surface area contributed by atoms with E-state index in [1.54, 1.807) is 0 Å². The molecule has 0 bridgehead atoms. The minimum absolute atomic E-state index is 0. The first-order chi connectivity index (χ1) is 9.02. The van der Waals surface area contributed by atoms with E-state index in [0.29, 0.717) is 11.3 Å². The molecule has 2 aliphatic rings. The summed E-state index contributed by atoms with van der Waals surface area (Å²) in [7, 11) is 0. The van der Waals surface area contributed by atoms with Gasteiger partial charge in [0.15, 0.2) is 0 Å². The van der Waals surface area contributed by atoms with Gasteiger partial charge < -0.3 is 11.1 Å². The summed E-state index contributed by atoms with van der Waals surface area (Å²) in [4.78, 5) is 12.2. The third-order valence-electron chi connectivity index (χ3n) is 5.05. The SMILES string of the molecule is CC(C)CC1(CNC(=O)C2CCCC2N)CCCC1.Cl. The van der Waals surface area contributed by atoms with Crippen LogP contribution in [0.1, 0.15) is 65.2 Å². The average molecular weight is 303 g/mol. The molecule has 3 N–H and O–H groups in total. The molecule has 20 heavy (non-hydrogen) atoms. The Kier molecular flexibility index (Phi) is 6.80. The number of halogens is 1. The van der Waals surface area contributed by atoms with Gasteiger partial charge in [-0.3, -0.25) is 4.79 Å². The summed E-state index contributed by atoms with van der Waals surface area (Å²) in [5.41, 5.74) is 6.38. The number of rotatable bonds is 5. The third kappa shape index (κ3) is 4.36. The number of hydrogen-bond donors (Lipinski definition) is 2. The Morgan fingerprint density at radius 1 is 1.25 bits per heavy atom. The first-order valence-corrected chi connectivity index (χ1v) is 8.06. The van der Waals surface area contributed by atoms with Gasteiger partial charge in [-0.1, -0.05) is 33.1 Å². The van der Waals surface area contributed by atoms with Crippen LogP contribution in [0.3, 0.4) is 0 Å². The summed E-state index contributed by atoms with van der Waals surface area (Å²) in [5.74, 6) is 0.987. The summed E-state index contributed by atoms with van der Waals surface area (Å²) < 4.78 is 0. The topological polar surface area (TPSA) is 55.1 Å². The quantitative estimate of drug-likeness (QED) is 0.819. The van der Waals surface area contributed by atoms with Gasteiger partial charge in [0.05, 0.1) is 5.92 Å². The second kappa shape index (κ2) is 7.65. The molecule has 0 aliphatic heterocycles. The predicted molar refractivity (Wildman–Crippen MR) is 85.9 cm³/mol. The highest BCUT2D eigenvalue weighted by molar-refractivity contribution is 5.85. The van der Waals surface area contributed by atoms with E-state index in [2.05, 4.69) is 19.2 Å². The van der Waals surface area contributed by atoms with E-state index in [1.807, 2.05) is 0 Å². The molecule has 4 heteroatoms. The Hall–Kier alpha value is -0.280. The molecule has 2 unspecified atom stereocenters. The molecule has 2 saturated carbocycles. The zero-order valence-corrected chi connectivity index (χ0v) is 13.8. The molecule has 2 aliphatic carbocycles. The Bertz CT molecular complexity index is 314. The van der Waals surface area contributed by atoms with Gasteiger partial charge in [-0.05, 0) is 43.4 Å². The van der Waals surface area contributed by atoms with Crippen LogP contribution in [0.2, 0.25) is 0 Å². The lowest BCUT2D eigenvalue weighted by Crippen LogP contribution is -2.43. The van der Waals surface area contributed by atoms with Gasteiger partial charge in [-0.15, -0.1) is 12.4 Å². The average Bonchev–Trinajstić information content (AvgIpc) is 2.95. The van der Waals surface area contributed by atoms with E-state index >= 15 is 0 Å². The van der Waals surface area contributed by atoms with Crippen LogP contribution < -0.4 is 11.1 Å². The van der Waals surface area contributed by atoms with Gasteiger partial charge in [0, 0.05) is 12.6 Å². The lowest BCUT2D eigenvalue weighted by molar-refractivity contribution is -0.125. The highest BCUT2D eigenvalue weighted by Crippen LogP contribution is 2.42. The number of carbonyl (C=O) groups excluding carboxylic acids is 1. The number of nitrogens with one attached hydrogen (secondary N) is 1. The molecule has 0 aromatic rings. The molecule has 3 nitrogen and oxygen atoms in total. The Balaban J connectivity index is 0.00000200. The summed E-state index contributed by atoms with van der Waals surface area (Å²) in [6, 6.07) is 0.0876. The standard InChI is InChI=1S/C16H30N2O.ClH/c1-12(2)10-16(8-3-4-9-16)11-18-15(19)13-6-5-7-14(13)17;/h12-14H,3-11,17H2,1-2H3,(H,18,19);1H. The minimum Gasteiger partial charge on any atom is -0.355 e. The monoisotopic (exact) mass is 302 g/mol. The van der Waals surface area contributed by atoms with Crippen LogP contribution in [0.4, 0.5) is 0 Å². The molecular weight excluding hydrogens is 272 g/mol. The summed E-state index contributed by atoms with van der Waals surface area (Å²) in [6.45, 7) is 5.44. The zero-order valence-electron chi connectivity index (χ0n) is 13.0. The summed E-state index contributed by atoms with van der Waals surface area (Å²) in [6.07, 6.45) is 9.54. The summed E-state index contributed by atoms with van der Waals surface area (Å²) >= 11 is 0. The van der Waals surface area contributed by atoms with Crippen LogP contribution in [0.15, 0.2) is 0 Å². The molecular formula is C16H31ClN2O. The van der Waals surface area contributed by atoms with Gasteiger partial charge >= 0.3 is 0 Å². The molecule has 0 spiro atoms. The van der Waals surface area contributed by atoms with E-state index < -0.39 is 0 Å². The van der Waals surface area contributed by atoms with Crippen molar-refractivity contribution < 1.29 is 4.79 Å². The van der Waals surface area contributed by atoms with Crippen molar-refractivity contribution in [2.75, 3.05) is 6.54 Å². The van der Waals surface area contributed by atoms with E-state index in [9.17, 15) is 4.79 Å². The molecule has 0 radical (unpaired) electrons. The number of nitrogens with two attached hydrogens (primary N) is 1. The molecule has 0 aromatic heterocycles. The smallest absolute Gasteiger partial charge is 0.224 e. The number of amides is 1. The third-order valence-corrected chi connectivity index (χ3v) is 5.05. The first-order valence-electron chi connectivity index (χ1n) is 8.06. The predicted octanol–water partition coefficient (Wildman–Crippen LogP) is 3.26. The Morgan fingerprint density at radius 3 is 2.40 bits per heavy atom. The Labute approximate surface area is 129 Å². The van der Waals surface area contributed by atoms with Crippen LogP contribution in [0, 0.1) is 17.3 Å². The molecule has 2 rings (SSSR count). The first kappa shape index (κ1) is 17.8. The molecule has 2 atom stereocenters. The maximum absolute atomic E-state index is 12.2. The largest absolute Gasteiger partial charge is 0.355 e. The van der Waals surface area contributed by atoms with Crippen molar-refractivity contribution in [2.45, 2.75) is 71.3 Å². The molecule has 0 aromatic carbocycles. The van der Waals surface area contributed by atoms with Gasteiger partial charge in [0.1, 0.15) is 0 Å². The van der Waals surface area contributed by atoms with Gasteiger partial charge in [-0.25, -0.2) is 0 Å². The highest BCUT2D eigenvalue weighted by Gasteiger charge is 2.36. The fourth-order valence-electron chi connectivity index (χ4n) is 4.16. The Morgan fingerprint density at radius 2 is 1.90 bits per heavy atom. The normalized spacial score (nSPS) is 28.4. The maximum atomic E-state index is 12.2. The van der Waals surface area contributed by atoms with Crippen LogP contribution >= 0.6 is 12.4 Å². The van der Waals surface area contributed by atoms with E-state index in [0.717, 1.165) is 25.8 Å². The lowest BCUT2D eigenvalue weighted by atomic mass is 9.78. The minimum atomic E-state index is 0. The van der Waals surface area contributed by atoms with Crippen molar-refractivity contribution >= 4 is 18.3 Å². The number of carbonyl (C=O) groups is 1. The van der Waals surface area contributed by atoms with E-state index in [4.69, 9.17) is 5.73 Å². The molecule has 2 fully saturated rings. The molecule has 0 saturated heterocycles. The second-order valence-corrected chi connectivity index (χ2v) is 7.22. The van der Waals surface area contributed by atoms with Crippen molar-refractivity contribution in [3.05, 3.63) is 0 Å². The van der Waals surface area contributed by atoms with Crippen molar-refractivity contribution in [1.29, 1.82) is 0 Å². The maximum Gasteiger partial charge on any atom is 0.224 e. The number of hydrogen-bond acceptors (Lipinski definition) is 2. The van der Waals surface area contributed by atoms with Crippen LogP contribution in [-0.4, -0.2) is 18.5 Å². The van der Waals surface area contributed by atoms with Crippen LogP contribution in [0.5, 0.6) is 0 Å². The highest BCUT2D eigenvalue weighted by atomic mass is 35.5. The van der Waals surface area contributed by atoms with Gasteiger partial charge in [0.2, 0.25) is 5.91 Å². The van der Waals surface area contributed by atoms with Crippen molar-refractivity contribution in [3.63, 3.8) is 0 Å². The van der Waals surface area contributed by atoms with E-state index in [1.165, 1.54) is 32.1 Å². The van der Waals surface area contributed by atoms with E-state index in [-0.39, 0.29) is 30.3 Å². The van der Waals surface area contributed by atoms with Gasteiger partial charge in [0.25, 0.3) is 0 Å². The lowest BCUT2D eigenvalue weighted by Gasteiger charge is -2.32. The van der Waals surface area contributed by atoms with Crippen molar-refractivity contribution in [1.82, 2.24) is 5.32 Å². The molecule has 1 amide bonds.